The maximum Gasteiger partial charge on any atom is 0.293 e. The highest BCUT2D eigenvalue weighted by molar-refractivity contribution is 5.98. The number of nitro benzene ring substituents is 1. The molecule has 0 N–H and O–H groups in total. The van der Waals surface area contributed by atoms with Gasteiger partial charge in [0, 0.05) is 30.6 Å². The van der Waals surface area contributed by atoms with Gasteiger partial charge in [-0.2, -0.15) is 5.26 Å². The zero-order valence-corrected chi connectivity index (χ0v) is 13.9. The normalized spacial score (nSPS) is 14.7. The molecule has 0 spiro atoms. The molecule has 1 aliphatic rings. The van der Waals surface area contributed by atoms with Crippen molar-refractivity contribution in [1.82, 2.24) is 0 Å². The number of hydrogen-bond donors (Lipinski definition) is 0. The third-order valence-corrected chi connectivity index (χ3v) is 4.64. The van der Waals surface area contributed by atoms with E-state index in [1.165, 1.54) is 30.3 Å². The van der Waals surface area contributed by atoms with Gasteiger partial charge in [0.1, 0.15) is 11.5 Å². The van der Waals surface area contributed by atoms with E-state index in [0.29, 0.717) is 37.2 Å². The molecule has 1 aliphatic heterocycles. The van der Waals surface area contributed by atoms with Gasteiger partial charge < -0.3 is 4.90 Å². The Morgan fingerprint density at radius 3 is 2.42 bits per heavy atom. The molecule has 3 rings (SSSR count). The van der Waals surface area contributed by atoms with Crippen molar-refractivity contribution in [3.05, 3.63) is 69.5 Å². The molecule has 0 bridgehead atoms. The zero-order chi connectivity index (χ0) is 18.7. The highest BCUT2D eigenvalue weighted by Crippen LogP contribution is 2.33. The average Bonchev–Trinajstić information content (AvgIpc) is 2.67. The smallest absolute Gasteiger partial charge is 0.293 e. The number of Topliss-reactive ketones (excluding diaryl/α,β-unsaturated/α-hetero) is 1. The first kappa shape index (κ1) is 17.5. The fourth-order valence-electron chi connectivity index (χ4n) is 3.24. The lowest BCUT2D eigenvalue weighted by Gasteiger charge is -2.32. The van der Waals surface area contributed by atoms with Gasteiger partial charge >= 0.3 is 0 Å². The Bertz CT molecular complexity index is 882. The van der Waals surface area contributed by atoms with Gasteiger partial charge in [0.25, 0.3) is 5.69 Å². The van der Waals surface area contributed by atoms with Crippen LogP contribution >= 0.6 is 0 Å². The molecule has 6 nitrogen and oxygen atoms in total. The number of piperidine rings is 1. The molecular formula is C19H16FN3O3. The molecule has 1 saturated heterocycles. The first-order valence-electron chi connectivity index (χ1n) is 8.23. The van der Waals surface area contributed by atoms with E-state index in [4.69, 9.17) is 5.26 Å². The van der Waals surface area contributed by atoms with Crippen molar-refractivity contribution in [3.63, 3.8) is 0 Å². The molecule has 0 amide bonds. The number of nitriles is 1. The third kappa shape index (κ3) is 3.54. The largest absolute Gasteiger partial charge is 0.366 e. The quantitative estimate of drug-likeness (QED) is 0.475. The van der Waals surface area contributed by atoms with Crippen molar-refractivity contribution in [2.45, 2.75) is 12.8 Å². The van der Waals surface area contributed by atoms with Crippen LogP contribution in [0.25, 0.3) is 0 Å². The predicted molar refractivity (Wildman–Crippen MR) is 93.5 cm³/mol. The molecule has 26 heavy (non-hydrogen) atoms. The lowest BCUT2D eigenvalue weighted by atomic mass is 9.88. The number of nitrogens with zero attached hydrogens (tertiary/aromatic N) is 3. The molecule has 132 valence electrons. The Morgan fingerprint density at radius 1 is 1.19 bits per heavy atom. The van der Waals surface area contributed by atoms with Gasteiger partial charge in [0.2, 0.25) is 0 Å². The second kappa shape index (κ2) is 7.31. The van der Waals surface area contributed by atoms with Crippen LogP contribution in [0.2, 0.25) is 0 Å². The summed E-state index contributed by atoms with van der Waals surface area (Å²) in [5, 5.41) is 20.2. The zero-order valence-electron chi connectivity index (χ0n) is 13.9. The first-order valence-corrected chi connectivity index (χ1v) is 8.23. The van der Waals surface area contributed by atoms with E-state index >= 15 is 0 Å². The Labute approximate surface area is 149 Å². The number of hydrogen-bond acceptors (Lipinski definition) is 5. The summed E-state index contributed by atoms with van der Waals surface area (Å²) in [6, 6.07) is 11.8. The van der Waals surface area contributed by atoms with Gasteiger partial charge in [0.15, 0.2) is 5.78 Å². The molecule has 0 unspecified atom stereocenters. The van der Waals surface area contributed by atoms with Crippen LogP contribution < -0.4 is 4.90 Å². The molecule has 1 fully saturated rings. The third-order valence-electron chi connectivity index (χ3n) is 4.64. The van der Waals surface area contributed by atoms with E-state index in [1.807, 2.05) is 11.0 Å². The van der Waals surface area contributed by atoms with E-state index in [2.05, 4.69) is 0 Å². The molecule has 0 saturated carbocycles. The van der Waals surface area contributed by atoms with E-state index in [1.54, 1.807) is 12.1 Å². The van der Waals surface area contributed by atoms with Gasteiger partial charge in [-0.3, -0.25) is 14.9 Å². The molecule has 0 radical (unpaired) electrons. The summed E-state index contributed by atoms with van der Waals surface area (Å²) >= 11 is 0. The van der Waals surface area contributed by atoms with Crippen LogP contribution in [0.15, 0.2) is 42.5 Å². The molecule has 0 aromatic heterocycles. The van der Waals surface area contributed by atoms with E-state index in [9.17, 15) is 19.3 Å². The fraction of sp³-hybridized carbons (Fsp3) is 0.263. The lowest BCUT2D eigenvalue weighted by molar-refractivity contribution is -0.384. The van der Waals surface area contributed by atoms with Gasteiger partial charge in [-0.25, -0.2) is 4.39 Å². The average molecular weight is 353 g/mol. The second-order valence-corrected chi connectivity index (χ2v) is 6.20. The SMILES string of the molecule is N#Cc1ccc(N2CCC(C(=O)c3ccc(F)cc3)CC2)c([N+](=O)[O-])c1. The van der Waals surface area contributed by atoms with E-state index in [0.717, 1.165) is 0 Å². The number of anilines is 1. The topological polar surface area (TPSA) is 87.2 Å². The number of carbonyl (C=O) groups excluding carboxylic acids is 1. The van der Waals surface area contributed by atoms with Crippen molar-refractivity contribution >= 4 is 17.2 Å². The summed E-state index contributed by atoms with van der Waals surface area (Å²) in [6.07, 6.45) is 1.13. The Kier molecular flexibility index (Phi) is 4.94. The van der Waals surface area contributed by atoms with Crippen molar-refractivity contribution in [2.24, 2.45) is 5.92 Å². The summed E-state index contributed by atoms with van der Waals surface area (Å²) < 4.78 is 13.0. The monoisotopic (exact) mass is 353 g/mol. The maximum atomic E-state index is 13.0. The highest BCUT2D eigenvalue weighted by atomic mass is 19.1. The van der Waals surface area contributed by atoms with Crippen molar-refractivity contribution in [1.29, 1.82) is 5.26 Å². The van der Waals surface area contributed by atoms with Crippen LogP contribution in [-0.2, 0) is 0 Å². The summed E-state index contributed by atoms with van der Waals surface area (Å²) in [5.41, 5.74) is 1.07. The van der Waals surface area contributed by atoms with Crippen LogP contribution in [-0.4, -0.2) is 23.8 Å². The van der Waals surface area contributed by atoms with E-state index < -0.39 is 4.92 Å². The predicted octanol–water partition coefficient (Wildman–Crippen LogP) is 3.70. The summed E-state index contributed by atoms with van der Waals surface area (Å²) in [7, 11) is 0. The van der Waals surface area contributed by atoms with Crippen LogP contribution in [0.4, 0.5) is 15.8 Å². The molecule has 7 heteroatoms. The number of carbonyl (C=O) groups is 1. The molecule has 0 atom stereocenters. The molecule has 2 aromatic carbocycles. The number of benzene rings is 2. The van der Waals surface area contributed by atoms with Crippen molar-refractivity contribution in [2.75, 3.05) is 18.0 Å². The number of rotatable bonds is 4. The van der Waals surface area contributed by atoms with Gasteiger partial charge in [-0.15, -0.1) is 0 Å². The summed E-state index contributed by atoms with van der Waals surface area (Å²) in [5.74, 6) is -0.599. The highest BCUT2D eigenvalue weighted by Gasteiger charge is 2.29. The lowest BCUT2D eigenvalue weighted by Crippen LogP contribution is -2.36. The maximum absolute atomic E-state index is 13.0. The number of nitro groups is 1. The van der Waals surface area contributed by atoms with E-state index in [-0.39, 0.29) is 28.8 Å². The Morgan fingerprint density at radius 2 is 1.85 bits per heavy atom. The van der Waals surface area contributed by atoms with Crippen LogP contribution in [0.5, 0.6) is 0 Å². The van der Waals surface area contributed by atoms with Gasteiger partial charge in [0.05, 0.1) is 16.6 Å². The van der Waals surface area contributed by atoms with Crippen LogP contribution in [0, 0.1) is 33.2 Å². The fourth-order valence-corrected chi connectivity index (χ4v) is 3.24. The summed E-state index contributed by atoms with van der Waals surface area (Å²) in [6.45, 7) is 1.01. The minimum absolute atomic E-state index is 0.0287. The summed E-state index contributed by atoms with van der Waals surface area (Å²) in [4.78, 5) is 25.2. The minimum atomic E-state index is -0.494. The first-order chi connectivity index (χ1) is 12.5. The van der Waals surface area contributed by atoms with Crippen LogP contribution in [0.1, 0.15) is 28.8 Å². The molecule has 1 heterocycles. The molecular weight excluding hydrogens is 337 g/mol. The van der Waals surface area contributed by atoms with Crippen molar-refractivity contribution in [3.8, 4) is 6.07 Å². The van der Waals surface area contributed by atoms with Crippen molar-refractivity contribution < 1.29 is 14.1 Å². The second-order valence-electron chi connectivity index (χ2n) is 6.20. The standard InChI is InChI=1S/C19H16FN3O3/c20-16-4-2-14(3-5-16)19(24)15-7-9-22(10-8-15)17-6-1-13(12-21)11-18(17)23(25)26/h1-6,11,15H,7-10H2. The van der Waals surface area contributed by atoms with Gasteiger partial charge in [-0.1, -0.05) is 0 Å². The molecule has 0 aliphatic carbocycles. The Hall–Kier alpha value is -3.27. The van der Waals surface area contributed by atoms with Gasteiger partial charge in [-0.05, 0) is 49.2 Å². The number of halogens is 1. The minimum Gasteiger partial charge on any atom is -0.366 e. The number of ketones is 1. The Balaban J connectivity index is 1.73. The molecule has 2 aromatic rings. The van der Waals surface area contributed by atoms with Crippen LogP contribution in [0.3, 0.4) is 0 Å².